The van der Waals surface area contributed by atoms with Gasteiger partial charge in [-0.1, -0.05) is 5.21 Å². The summed E-state index contributed by atoms with van der Waals surface area (Å²) in [5.41, 5.74) is 2.11. The lowest BCUT2D eigenvalue weighted by Crippen LogP contribution is -2.44. The van der Waals surface area contributed by atoms with Crippen LogP contribution < -0.4 is 0 Å². The number of fused-ring (bicyclic) bond motifs is 1. The van der Waals surface area contributed by atoms with E-state index in [1.165, 1.54) is 5.69 Å². The van der Waals surface area contributed by atoms with Gasteiger partial charge in [-0.05, 0) is 20.8 Å². The molecule has 0 bridgehead atoms. The summed E-state index contributed by atoms with van der Waals surface area (Å²) in [6.45, 7) is 9.19. The van der Waals surface area contributed by atoms with Gasteiger partial charge in [0.2, 0.25) is 0 Å². The summed E-state index contributed by atoms with van der Waals surface area (Å²) in [6, 6.07) is 0.484. The Labute approximate surface area is 121 Å². The minimum absolute atomic E-state index is 0.0246. The van der Waals surface area contributed by atoms with Crippen molar-refractivity contribution in [3.05, 3.63) is 11.4 Å². The molecule has 6 nitrogen and oxygen atoms in total. The third kappa shape index (κ3) is 2.87. The molecule has 0 fully saturated rings. The summed E-state index contributed by atoms with van der Waals surface area (Å²) in [5, 5.41) is 8.59. The lowest BCUT2D eigenvalue weighted by molar-refractivity contribution is -0.0606. The predicted octanol–water partition coefficient (Wildman–Crippen LogP) is 1.27. The van der Waals surface area contributed by atoms with E-state index in [-0.39, 0.29) is 12.2 Å². The van der Waals surface area contributed by atoms with Crippen LogP contribution in [-0.4, -0.2) is 59.3 Å². The Hall–Kier alpha value is -0.980. The van der Waals surface area contributed by atoms with Gasteiger partial charge in [0.05, 0.1) is 5.69 Å². The number of nitrogens with zero attached hydrogens (tertiary/aromatic N) is 4. The highest BCUT2D eigenvalue weighted by Gasteiger charge is 2.33. The third-order valence-corrected chi connectivity index (χ3v) is 4.11. The Kier molecular flexibility index (Phi) is 5.12. The molecule has 0 N–H and O–H groups in total. The third-order valence-electron chi connectivity index (χ3n) is 4.11. The Bertz CT molecular complexity index is 433. The van der Waals surface area contributed by atoms with Gasteiger partial charge in [0.1, 0.15) is 17.9 Å². The van der Waals surface area contributed by atoms with Crippen LogP contribution in [0.4, 0.5) is 0 Å². The fourth-order valence-corrected chi connectivity index (χ4v) is 2.85. The predicted molar refractivity (Wildman–Crippen MR) is 76.7 cm³/mol. The van der Waals surface area contributed by atoms with Crippen molar-refractivity contribution in [3.8, 4) is 0 Å². The maximum absolute atomic E-state index is 5.68. The fourth-order valence-electron chi connectivity index (χ4n) is 2.85. The monoisotopic (exact) mass is 282 g/mol. The van der Waals surface area contributed by atoms with Gasteiger partial charge in [-0.15, -0.1) is 5.10 Å². The number of aromatic nitrogens is 3. The first kappa shape index (κ1) is 15.4. The molecule has 6 heteroatoms. The number of aryl methyl sites for hydroxylation is 1. The van der Waals surface area contributed by atoms with E-state index < -0.39 is 0 Å². The molecule has 2 heterocycles. The van der Waals surface area contributed by atoms with Crippen molar-refractivity contribution < 1.29 is 9.47 Å². The van der Waals surface area contributed by atoms with E-state index in [4.69, 9.17) is 9.47 Å². The van der Waals surface area contributed by atoms with Crippen molar-refractivity contribution >= 4 is 0 Å². The summed E-state index contributed by atoms with van der Waals surface area (Å²) in [7, 11) is 3.45. The molecule has 0 saturated carbocycles. The topological polar surface area (TPSA) is 52.4 Å². The van der Waals surface area contributed by atoms with Crippen LogP contribution in [0.5, 0.6) is 0 Å². The second-order valence-electron chi connectivity index (χ2n) is 5.51. The number of methoxy groups -OCH3 is 2. The lowest BCUT2D eigenvalue weighted by atomic mass is 10.0. The first-order valence-electron chi connectivity index (χ1n) is 7.34. The van der Waals surface area contributed by atoms with Crippen LogP contribution in [0.1, 0.15) is 38.3 Å². The molecule has 1 aromatic heterocycles. The van der Waals surface area contributed by atoms with E-state index >= 15 is 0 Å². The molecule has 0 saturated heterocycles. The van der Waals surface area contributed by atoms with Crippen LogP contribution in [-0.2, 0) is 22.4 Å². The summed E-state index contributed by atoms with van der Waals surface area (Å²) < 4.78 is 13.3. The van der Waals surface area contributed by atoms with Gasteiger partial charge in [0.15, 0.2) is 0 Å². The highest BCUT2D eigenvalue weighted by atomic mass is 16.5. The van der Waals surface area contributed by atoms with Crippen molar-refractivity contribution in [1.82, 2.24) is 19.9 Å². The maximum Gasteiger partial charge on any atom is 0.130 e. The summed E-state index contributed by atoms with van der Waals surface area (Å²) in [5.74, 6) is 0. The number of ether oxygens (including phenoxy) is 2. The summed E-state index contributed by atoms with van der Waals surface area (Å²) in [4.78, 5) is 2.43. The van der Waals surface area contributed by atoms with Gasteiger partial charge in [-0.25, -0.2) is 4.68 Å². The van der Waals surface area contributed by atoms with Gasteiger partial charge in [-0.3, -0.25) is 4.90 Å². The number of hydrogen-bond donors (Lipinski definition) is 0. The molecule has 0 spiro atoms. The minimum atomic E-state index is -0.156. The minimum Gasteiger partial charge on any atom is -0.377 e. The van der Waals surface area contributed by atoms with E-state index in [0.717, 1.165) is 31.7 Å². The molecule has 2 rings (SSSR count). The average Bonchev–Trinajstić information content (AvgIpc) is 2.81. The largest absolute Gasteiger partial charge is 0.377 e. The molecule has 2 unspecified atom stereocenters. The first-order valence-corrected chi connectivity index (χ1v) is 7.34. The van der Waals surface area contributed by atoms with E-state index in [2.05, 4.69) is 36.0 Å². The summed E-state index contributed by atoms with van der Waals surface area (Å²) in [6.07, 6.45) is 0.769. The van der Waals surface area contributed by atoms with E-state index in [1.807, 2.05) is 4.68 Å². The van der Waals surface area contributed by atoms with Gasteiger partial charge in [0, 0.05) is 46.3 Å². The normalized spacial score (nSPS) is 24.5. The SMILES string of the molecule is CCn1nnc2c1CCN(C(C)C)CC(OC)C2OC. The fraction of sp³-hybridized carbons (Fsp3) is 0.857. The van der Waals surface area contributed by atoms with Gasteiger partial charge in [-0.2, -0.15) is 0 Å². The molecular formula is C14H26N4O2. The van der Waals surface area contributed by atoms with Crippen LogP contribution in [0.15, 0.2) is 0 Å². The van der Waals surface area contributed by atoms with Crippen LogP contribution in [0.2, 0.25) is 0 Å². The standard InChI is InChI=1S/C14H26N4O2/c1-6-18-11-7-8-17(10(2)3)9-12(19-4)14(20-5)13(11)15-16-18/h10,12,14H,6-9H2,1-5H3. The smallest absolute Gasteiger partial charge is 0.130 e. The van der Waals surface area contributed by atoms with Gasteiger partial charge in [0.25, 0.3) is 0 Å². The van der Waals surface area contributed by atoms with Crippen molar-refractivity contribution in [3.63, 3.8) is 0 Å². The molecule has 2 atom stereocenters. The molecule has 0 amide bonds. The van der Waals surface area contributed by atoms with Crippen molar-refractivity contribution in [2.75, 3.05) is 27.3 Å². The lowest BCUT2D eigenvalue weighted by Gasteiger charge is -2.35. The van der Waals surface area contributed by atoms with Crippen LogP contribution in [0, 0.1) is 0 Å². The zero-order valence-electron chi connectivity index (χ0n) is 13.2. The van der Waals surface area contributed by atoms with Crippen molar-refractivity contribution in [1.29, 1.82) is 0 Å². The molecule has 114 valence electrons. The van der Waals surface area contributed by atoms with E-state index in [1.54, 1.807) is 14.2 Å². The zero-order valence-corrected chi connectivity index (χ0v) is 13.2. The van der Waals surface area contributed by atoms with E-state index in [9.17, 15) is 0 Å². The Morgan fingerprint density at radius 2 is 2.05 bits per heavy atom. The van der Waals surface area contributed by atoms with Crippen LogP contribution in [0.25, 0.3) is 0 Å². The van der Waals surface area contributed by atoms with E-state index in [0.29, 0.717) is 6.04 Å². The molecule has 1 aliphatic rings. The van der Waals surface area contributed by atoms with Gasteiger partial charge >= 0.3 is 0 Å². The Morgan fingerprint density at radius 1 is 1.30 bits per heavy atom. The van der Waals surface area contributed by atoms with Crippen molar-refractivity contribution in [2.24, 2.45) is 0 Å². The van der Waals surface area contributed by atoms with Crippen molar-refractivity contribution in [2.45, 2.75) is 52.0 Å². The molecule has 20 heavy (non-hydrogen) atoms. The second-order valence-corrected chi connectivity index (χ2v) is 5.51. The molecule has 1 aliphatic heterocycles. The molecule has 0 aromatic carbocycles. The summed E-state index contributed by atoms with van der Waals surface area (Å²) >= 11 is 0. The highest BCUT2D eigenvalue weighted by Crippen LogP contribution is 2.27. The Balaban J connectivity index is 2.38. The van der Waals surface area contributed by atoms with Gasteiger partial charge < -0.3 is 9.47 Å². The quantitative estimate of drug-likeness (QED) is 0.832. The number of rotatable bonds is 4. The average molecular weight is 282 g/mol. The molecular weight excluding hydrogens is 256 g/mol. The number of hydrogen-bond acceptors (Lipinski definition) is 5. The first-order chi connectivity index (χ1) is 9.62. The molecule has 0 radical (unpaired) electrons. The second kappa shape index (κ2) is 6.65. The zero-order chi connectivity index (χ0) is 14.7. The highest BCUT2D eigenvalue weighted by molar-refractivity contribution is 5.17. The molecule has 0 aliphatic carbocycles. The Morgan fingerprint density at radius 3 is 2.60 bits per heavy atom. The maximum atomic E-state index is 5.68. The molecule has 1 aromatic rings. The van der Waals surface area contributed by atoms with Crippen LogP contribution >= 0.6 is 0 Å². The van der Waals surface area contributed by atoms with Crippen LogP contribution in [0.3, 0.4) is 0 Å².